The second-order valence-corrected chi connectivity index (χ2v) is 5.13. The highest BCUT2D eigenvalue weighted by atomic mass is 19.2. The minimum atomic E-state index is -1.14. The average Bonchev–Trinajstić information content (AvgIpc) is 3.15. The van der Waals surface area contributed by atoms with Gasteiger partial charge in [-0.1, -0.05) is 30.3 Å². The maximum absolute atomic E-state index is 13.5. The Morgan fingerprint density at radius 1 is 0.950 bits per heavy atom. The lowest BCUT2D eigenvalue weighted by atomic mass is 10.1. The van der Waals surface area contributed by atoms with Gasteiger partial charge in [0, 0.05) is 25.2 Å². The molecule has 1 nitrogen and oxygen atoms in total. The topological polar surface area (TPSA) is 3.01 Å². The van der Waals surface area contributed by atoms with E-state index < -0.39 is 17.5 Å². The normalized spacial score (nSPS) is 20.9. The molecule has 0 aliphatic carbocycles. The summed E-state index contributed by atoms with van der Waals surface area (Å²) in [6.07, 6.45) is 0.413. The number of hydrogen-bond donors (Lipinski definition) is 0. The summed E-state index contributed by atoms with van der Waals surface area (Å²) in [5.41, 5.74) is 1.44. The Morgan fingerprint density at radius 2 is 1.65 bits per heavy atom. The van der Waals surface area contributed by atoms with Crippen molar-refractivity contribution in [3.05, 3.63) is 71.0 Å². The lowest BCUT2D eigenvalue weighted by molar-refractivity contribution is 0.477. The molecule has 0 spiro atoms. The van der Waals surface area contributed by atoms with Crippen molar-refractivity contribution in [1.29, 1.82) is 0 Å². The predicted octanol–water partition coefficient (Wildman–Crippen LogP) is 3.53. The zero-order valence-corrected chi connectivity index (χ0v) is 10.8. The highest BCUT2D eigenvalue weighted by Gasteiger charge is 2.34. The van der Waals surface area contributed by atoms with Crippen LogP contribution in [0.5, 0.6) is 0 Å². The smallest absolute Gasteiger partial charge is 0.161 e. The molecule has 1 fully saturated rings. The Balaban J connectivity index is 1.62. The highest BCUT2D eigenvalue weighted by molar-refractivity contribution is 5.23. The molecule has 104 valence electrons. The van der Waals surface area contributed by atoms with Gasteiger partial charge in [0.15, 0.2) is 11.6 Å². The van der Waals surface area contributed by atoms with Crippen molar-refractivity contribution in [2.24, 2.45) is 0 Å². The van der Waals surface area contributed by atoms with E-state index in [4.69, 9.17) is 0 Å². The molecule has 0 aromatic heterocycles. The SMILES string of the molecule is Fc1cc(F)c(CC2CN2Cc2ccccc2)cc1F. The van der Waals surface area contributed by atoms with Gasteiger partial charge in [0.2, 0.25) is 0 Å². The standard InChI is InChI=1S/C16H14F3N/c17-14-8-16(19)15(18)7-12(14)6-13-10-20(13)9-11-4-2-1-3-5-11/h1-5,7-8,13H,6,9-10H2. The first-order valence-electron chi connectivity index (χ1n) is 6.55. The van der Waals surface area contributed by atoms with Crippen LogP contribution in [0.2, 0.25) is 0 Å². The summed E-state index contributed by atoms with van der Waals surface area (Å²) in [5, 5.41) is 0. The fourth-order valence-electron chi connectivity index (χ4n) is 2.40. The molecule has 3 rings (SSSR count). The van der Waals surface area contributed by atoms with E-state index >= 15 is 0 Å². The lowest BCUT2D eigenvalue weighted by Crippen LogP contribution is -2.06. The third-order valence-electron chi connectivity index (χ3n) is 3.60. The van der Waals surface area contributed by atoms with E-state index in [1.807, 2.05) is 30.3 Å². The van der Waals surface area contributed by atoms with Gasteiger partial charge in [-0.15, -0.1) is 0 Å². The Kier molecular flexibility index (Phi) is 3.49. The van der Waals surface area contributed by atoms with Crippen LogP contribution in [0.1, 0.15) is 11.1 Å². The number of nitrogens with zero attached hydrogens (tertiary/aromatic N) is 1. The van der Waals surface area contributed by atoms with Crippen LogP contribution in [-0.2, 0) is 13.0 Å². The minimum absolute atomic E-state index is 0.203. The summed E-state index contributed by atoms with van der Waals surface area (Å²) in [4.78, 5) is 2.18. The number of halogens is 3. The van der Waals surface area contributed by atoms with Crippen molar-refractivity contribution in [3.63, 3.8) is 0 Å². The first-order valence-corrected chi connectivity index (χ1v) is 6.55. The van der Waals surface area contributed by atoms with Crippen LogP contribution < -0.4 is 0 Å². The van der Waals surface area contributed by atoms with Crippen LogP contribution in [0.3, 0.4) is 0 Å². The van der Waals surface area contributed by atoms with Gasteiger partial charge >= 0.3 is 0 Å². The number of rotatable bonds is 4. The summed E-state index contributed by atoms with van der Waals surface area (Å²) < 4.78 is 39.5. The van der Waals surface area contributed by atoms with Gasteiger partial charge in [0.1, 0.15) is 5.82 Å². The fraction of sp³-hybridized carbons (Fsp3) is 0.250. The van der Waals surface area contributed by atoms with Gasteiger partial charge < -0.3 is 0 Å². The second kappa shape index (κ2) is 5.29. The van der Waals surface area contributed by atoms with E-state index in [-0.39, 0.29) is 11.6 Å². The maximum atomic E-state index is 13.5. The van der Waals surface area contributed by atoms with Crippen LogP contribution in [0.25, 0.3) is 0 Å². The molecule has 1 aliphatic rings. The lowest BCUT2D eigenvalue weighted by Gasteiger charge is -2.06. The molecule has 2 unspecified atom stereocenters. The molecule has 1 saturated heterocycles. The van der Waals surface area contributed by atoms with Gasteiger partial charge in [-0.2, -0.15) is 0 Å². The first kappa shape index (κ1) is 13.2. The minimum Gasteiger partial charge on any atom is -0.293 e. The predicted molar refractivity (Wildman–Crippen MR) is 70.7 cm³/mol. The molecule has 0 N–H and O–H groups in total. The van der Waals surface area contributed by atoms with Crippen molar-refractivity contribution >= 4 is 0 Å². The van der Waals surface area contributed by atoms with Gasteiger partial charge in [-0.05, 0) is 23.6 Å². The summed E-state index contributed by atoms with van der Waals surface area (Å²) in [5.74, 6) is -2.80. The quantitative estimate of drug-likeness (QED) is 0.610. The molecule has 0 bridgehead atoms. The van der Waals surface area contributed by atoms with Gasteiger partial charge in [-0.25, -0.2) is 13.2 Å². The molecule has 0 amide bonds. The molecule has 1 aliphatic heterocycles. The van der Waals surface area contributed by atoms with Crippen LogP contribution in [0, 0.1) is 17.5 Å². The van der Waals surface area contributed by atoms with E-state index in [2.05, 4.69) is 4.90 Å². The van der Waals surface area contributed by atoms with Crippen LogP contribution in [-0.4, -0.2) is 17.5 Å². The summed E-state index contributed by atoms with van der Waals surface area (Å²) in [7, 11) is 0. The molecule has 0 radical (unpaired) electrons. The average molecular weight is 277 g/mol. The number of hydrogen-bond acceptors (Lipinski definition) is 1. The van der Waals surface area contributed by atoms with Crippen LogP contribution >= 0.6 is 0 Å². The fourth-order valence-corrected chi connectivity index (χ4v) is 2.40. The number of benzene rings is 2. The second-order valence-electron chi connectivity index (χ2n) is 5.13. The molecule has 0 saturated carbocycles. The molecular weight excluding hydrogens is 263 g/mol. The Hall–Kier alpha value is -1.81. The molecule has 2 aromatic rings. The summed E-state index contributed by atoms with van der Waals surface area (Å²) in [6, 6.07) is 11.8. The highest BCUT2D eigenvalue weighted by Crippen LogP contribution is 2.26. The molecule has 1 heterocycles. The summed E-state index contributed by atoms with van der Waals surface area (Å²) >= 11 is 0. The van der Waals surface area contributed by atoms with E-state index in [0.29, 0.717) is 12.5 Å². The van der Waals surface area contributed by atoms with Crippen molar-refractivity contribution in [1.82, 2.24) is 4.90 Å². The summed E-state index contributed by atoms with van der Waals surface area (Å²) in [6.45, 7) is 1.66. The van der Waals surface area contributed by atoms with Gasteiger partial charge in [-0.3, -0.25) is 4.90 Å². The molecular formula is C16H14F3N. The first-order chi connectivity index (χ1) is 9.63. The van der Waals surface area contributed by atoms with Crippen molar-refractivity contribution in [2.45, 2.75) is 19.0 Å². The molecule has 2 aromatic carbocycles. The third kappa shape index (κ3) is 2.85. The van der Waals surface area contributed by atoms with Crippen molar-refractivity contribution in [2.75, 3.05) is 6.54 Å². The Morgan fingerprint density at radius 3 is 2.40 bits per heavy atom. The van der Waals surface area contributed by atoms with Crippen LogP contribution in [0.15, 0.2) is 42.5 Å². The third-order valence-corrected chi connectivity index (χ3v) is 3.60. The zero-order valence-electron chi connectivity index (χ0n) is 10.8. The van der Waals surface area contributed by atoms with Gasteiger partial charge in [0.05, 0.1) is 0 Å². The zero-order chi connectivity index (χ0) is 14.1. The van der Waals surface area contributed by atoms with E-state index in [1.165, 1.54) is 5.56 Å². The van der Waals surface area contributed by atoms with Gasteiger partial charge in [0.25, 0.3) is 0 Å². The Bertz CT molecular complexity index is 613. The van der Waals surface area contributed by atoms with E-state index in [0.717, 1.165) is 19.2 Å². The van der Waals surface area contributed by atoms with E-state index in [1.54, 1.807) is 0 Å². The molecule has 4 heteroatoms. The molecule has 2 atom stereocenters. The Labute approximate surface area is 115 Å². The largest absolute Gasteiger partial charge is 0.293 e. The van der Waals surface area contributed by atoms with Crippen LogP contribution in [0.4, 0.5) is 13.2 Å². The molecule has 20 heavy (non-hydrogen) atoms. The van der Waals surface area contributed by atoms with Crippen molar-refractivity contribution < 1.29 is 13.2 Å². The van der Waals surface area contributed by atoms with Crippen molar-refractivity contribution in [3.8, 4) is 0 Å². The van der Waals surface area contributed by atoms with E-state index in [9.17, 15) is 13.2 Å². The monoisotopic (exact) mass is 277 g/mol. The maximum Gasteiger partial charge on any atom is 0.161 e.